The minimum atomic E-state index is -0.781. The van der Waals surface area contributed by atoms with Crippen molar-refractivity contribution in [1.82, 2.24) is 10.2 Å². The quantitative estimate of drug-likeness (QED) is 0.928. The fourth-order valence-electron chi connectivity index (χ4n) is 2.32. The lowest BCUT2D eigenvalue weighted by Gasteiger charge is -2.43. The molecule has 1 aliphatic rings. The second-order valence-corrected chi connectivity index (χ2v) is 7.10. The second-order valence-electron chi connectivity index (χ2n) is 5.31. The Morgan fingerprint density at radius 3 is 2.70 bits per heavy atom. The van der Waals surface area contributed by atoms with E-state index in [1.54, 1.807) is 18.7 Å². The molecule has 2 heterocycles. The number of carbonyl (C=O) groups is 2. The number of carbonyl (C=O) groups excluding carboxylic acids is 2. The van der Waals surface area contributed by atoms with Gasteiger partial charge in [0.1, 0.15) is 11.6 Å². The Bertz CT molecular complexity index is 531. The average Bonchev–Trinajstić information content (AvgIpc) is 2.82. The number of nitrogens with one attached hydrogen (secondary N) is 1. The van der Waals surface area contributed by atoms with Gasteiger partial charge in [0.05, 0.1) is 4.34 Å². The normalized spacial score (nSPS) is 26.8. The molecule has 2 rings (SSSR count). The van der Waals surface area contributed by atoms with Crippen molar-refractivity contribution in [3.8, 4) is 0 Å². The van der Waals surface area contributed by atoms with Crippen LogP contribution in [0.15, 0.2) is 12.1 Å². The number of nitrogens with zero attached hydrogens (tertiary/aromatic N) is 1. The van der Waals surface area contributed by atoms with Gasteiger partial charge in [0.15, 0.2) is 0 Å². The Morgan fingerprint density at radius 1 is 1.45 bits per heavy atom. The van der Waals surface area contributed by atoms with Gasteiger partial charge >= 0.3 is 0 Å². The van der Waals surface area contributed by atoms with Gasteiger partial charge < -0.3 is 10.2 Å². The molecular formula is C14H19ClN2O2S. The molecule has 2 atom stereocenters. The number of amides is 2. The lowest BCUT2D eigenvalue weighted by molar-refractivity contribution is -0.153. The fourth-order valence-corrected chi connectivity index (χ4v) is 3.39. The highest BCUT2D eigenvalue weighted by molar-refractivity contribution is 7.16. The minimum Gasteiger partial charge on any atom is -0.340 e. The standard InChI is InChI=1S/C14H19ClN2O2S/c1-4-14(3)13(19)17(9(2)12(18)16-14)8-7-10-5-6-11(15)20-10/h5-6,9H,4,7-8H2,1-3H3,(H,16,18). The van der Waals surface area contributed by atoms with Crippen LogP contribution >= 0.6 is 22.9 Å². The lowest BCUT2D eigenvalue weighted by Crippen LogP contribution is -2.68. The summed E-state index contributed by atoms with van der Waals surface area (Å²) in [6.07, 6.45) is 1.31. The third kappa shape index (κ3) is 2.83. The number of halogens is 1. The summed E-state index contributed by atoms with van der Waals surface area (Å²) < 4.78 is 0.745. The molecule has 110 valence electrons. The van der Waals surface area contributed by atoms with Crippen molar-refractivity contribution >= 4 is 34.8 Å². The van der Waals surface area contributed by atoms with Crippen molar-refractivity contribution in [2.75, 3.05) is 6.54 Å². The Morgan fingerprint density at radius 2 is 2.15 bits per heavy atom. The van der Waals surface area contributed by atoms with Crippen LogP contribution in [0.2, 0.25) is 4.34 Å². The highest BCUT2D eigenvalue weighted by Gasteiger charge is 2.44. The summed E-state index contributed by atoms with van der Waals surface area (Å²) in [7, 11) is 0. The lowest BCUT2D eigenvalue weighted by atomic mass is 9.92. The third-order valence-electron chi connectivity index (χ3n) is 3.91. The van der Waals surface area contributed by atoms with E-state index >= 15 is 0 Å². The smallest absolute Gasteiger partial charge is 0.248 e. The van der Waals surface area contributed by atoms with Crippen molar-refractivity contribution in [3.63, 3.8) is 0 Å². The zero-order valence-electron chi connectivity index (χ0n) is 11.9. The van der Waals surface area contributed by atoms with Gasteiger partial charge in [-0.2, -0.15) is 0 Å². The molecule has 1 aromatic heterocycles. The largest absolute Gasteiger partial charge is 0.340 e. The molecule has 1 saturated heterocycles. The molecule has 0 saturated carbocycles. The molecule has 1 N–H and O–H groups in total. The van der Waals surface area contributed by atoms with E-state index < -0.39 is 11.6 Å². The van der Waals surface area contributed by atoms with Crippen molar-refractivity contribution < 1.29 is 9.59 Å². The molecule has 2 amide bonds. The molecule has 0 bridgehead atoms. The van der Waals surface area contributed by atoms with Crippen molar-refractivity contribution in [1.29, 1.82) is 0 Å². The zero-order chi connectivity index (χ0) is 14.9. The van der Waals surface area contributed by atoms with Gasteiger partial charge in [-0.05, 0) is 38.8 Å². The summed E-state index contributed by atoms with van der Waals surface area (Å²) in [6.45, 7) is 6.00. The summed E-state index contributed by atoms with van der Waals surface area (Å²) in [5, 5.41) is 2.83. The van der Waals surface area contributed by atoms with E-state index in [1.807, 2.05) is 19.1 Å². The van der Waals surface area contributed by atoms with Gasteiger partial charge in [0.2, 0.25) is 11.8 Å². The Balaban J connectivity index is 2.11. The van der Waals surface area contributed by atoms with Crippen LogP contribution in [0.4, 0.5) is 0 Å². The van der Waals surface area contributed by atoms with E-state index in [1.165, 1.54) is 11.3 Å². The molecule has 0 spiro atoms. The minimum absolute atomic E-state index is 0.00486. The molecule has 6 heteroatoms. The first-order valence-electron chi connectivity index (χ1n) is 6.74. The summed E-state index contributed by atoms with van der Waals surface area (Å²) >= 11 is 7.42. The first-order chi connectivity index (χ1) is 9.37. The van der Waals surface area contributed by atoms with Crippen LogP contribution in [0.1, 0.15) is 32.1 Å². The molecule has 2 unspecified atom stereocenters. The molecule has 0 aromatic carbocycles. The maximum absolute atomic E-state index is 12.5. The van der Waals surface area contributed by atoms with Gasteiger partial charge in [0.25, 0.3) is 0 Å². The molecule has 1 fully saturated rings. The first-order valence-corrected chi connectivity index (χ1v) is 7.94. The number of piperazine rings is 1. The van der Waals surface area contributed by atoms with Gasteiger partial charge in [-0.3, -0.25) is 9.59 Å². The van der Waals surface area contributed by atoms with Crippen LogP contribution in [0.3, 0.4) is 0 Å². The van der Waals surface area contributed by atoms with E-state index in [0.29, 0.717) is 13.0 Å². The molecule has 1 aliphatic heterocycles. The molecule has 1 aromatic rings. The molecule has 4 nitrogen and oxygen atoms in total. The topological polar surface area (TPSA) is 49.4 Å². The molecule has 0 radical (unpaired) electrons. The highest BCUT2D eigenvalue weighted by atomic mass is 35.5. The van der Waals surface area contributed by atoms with Crippen LogP contribution in [0.5, 0.6) is 0 Å². The SMILES string of the molecule is CCC1(C)NC(=O)C(C)N(CCc2ccc(Cl)s2)C1=O. The number of hydrogen-bond acceptors (Lipinski definition) is 3. The van der Waals surface area contributed by atoms with Gasteiger partial charge in [-0.1, -0.05) is 18.5 Å². The van der Waals surface area contributed by atoms with Crippen molar-refractivity contribution in [3.05, 3.63) is 21.3 Å². The van der Waals surface area contributed by atoms with E-state index in [9.17, 15) is 9.59 Å². The Kier molecular flexibility index (Phi) is 4.39. The van der Waals surface area contributed by atoms with E-state index in [0.717, 1.165) is 15.6 Å². The monoisotopic (exact) mass is 314 g/mol. The summed E-state index contributed by atoms with van der Waals surface area (Å²) in [5.74, 6) is -0.0899. The van der Waals surface area contributed by atoms with Crippen LogP contribution in [-0.4, -0.2) is 34.8 Å². The first kappa shape index (κ1) is 15.3. The Hall–Kier alpha value is -1.07. The average molecular weight is 315 g/mol. The van der Waals surface area contributed by atoms with Crippen LogP contribution in [0, 0.1) is 0 Å². The number of hydrogen-bond donors (Lipinski definition) is 1. The van der Waals surface area contributed by atoms with Gasteiger partial charge in [-0.25, -0.2) is 0 Å². The van der Waals surface area contributed by atoms with Crippen LogP contribution < -0.4 is 5.32 Å². The second kappa shape index (κ2) is 5.74. The van der Waals surface area contributed by atoms with E-state index in [-0.39, 0.29) is 11.8 Å². The number of thiophene rings is 1. The van der Waals surface area contributed by atoms with E-state index in [2.05, 4.69) is 5.32 Å². The zero-order valence-corrected chi connectivity index (χ0v) is 13.5. The van der Waals surface area contributed by atoms with Crippen LogP contribution in [-0.2, 0) is 16.0 Å². The summed E-state index contributed by atoms with van der Waals surface area (Å²) in [6, 6.07) is 3.40. The van der Waals surface area contributed by atoms with Crippen molar-refractivity contribution in [2.45, 2.75) is 45.2 Å². The van der Waals surface area contributed by atoms with Crippen LogP contribution in [0.25, 0.3) is 0 Å². The van der Waals surface area contributed by atoms with Gasteiger partial charge in [0, 0.05) is 11.4 Å². The number of rotatable bonds is 4. The predicted octanol–water partition coefficient (Wildman–Crippen LogP) is 2.46. The predicted molar refractivity (Wildman–Crippen MR) is 81.0 cm³/mol. The maximum atomic E-state index is 12.5. The molecular weight excluding hydrogens is 296 g/mol. The third-order valence-corrected chi connectivity index (χ3v) is 5.20. The van der Waals surface area contributed by atoms with Crippen molar-refractivity contribution in [2.24, 2.45) is 0 Å². The maximum Gasteiger partial charge on any atom is 0.248 e. The molecule has 0 aliphatic carbocycles. The van der Waals surface area contributed by atoms with E-state index in [4.69, 9.17) is 11.6 Å². The Labute approximate surface area is 128 Å². The highest BCUT2D eigenvalue weighted by Crippen LogP contribution is 2.24. The fraction of sp³-hybridized carbons (Fsp3) is 0.571. The van der Waals surface area contributed by atoms with Gasteiger partial charge in [-0.15, -0.1) is 11.3 Å². The summed E-state index contributed by atoms with van der Waals surface area (Å²) in [4.78, 5) is 27.4. The molecule has 20 heavy (non-hydrogen) atoms. The summed E-state index contributed by atoms with van der Waals surface area (Å²) in [5.41, 5.74) is -0.781.